The van der Waals surface area contributed by atoms with Crippen molar-refractivity contribution in [3.8, 4) is 0 Å². The summed E-state index contributed by atoms with van der Waals surface area (Å²) in [7, 11) is 0. The lowest BCUT2D eigenvalue weighted by Gasteiger charge is -2.37. The van der Waals surface area contributed by atoms with Crippen molar-refractivity contribution in [2.75, 3.05) is 13.2 Å². The van der Waals surface area contributed by atoms with Gasteiger partial charge >= 0.3 is 0 Å². The van der Waals surface area contributed by atoms with Crippen LogP contribution in [0.4, 0.5) is 0 Å². The van der Waals surface area contributed by atoms with E-state index in [9.17, 15) is 9.59 Å². The van der Waals surface area contributed by atoms with Crippen LogP contribution in [0.1, 0.15) is 19.3 Å². The summed E-state index contributed by atoms with van der Waals surface area (Å²) >= 11 is 1.43. The molecule has 2 atom stereocenters. The summed E-state index contributed by atoms with van der Waals surface area (Å²) in [6.07, 6.45) is 4.77. The Labute approximate surface area is 131 Å². The van der Waals surface area contributed by atoms with Gasteiger partial charge in [-0.05, 0) is 30.7 Å². The highest BCUT2D eigenvalue weighted by Gasteiger charge is 2.38. The van der Waals surface area contributed by atoms with Crippen molar-refractivity contribution >= 4 is 27.5 Å². The van der Waals surface area contributed by atoms with Gasteiger partial charge < -0.3 is 9.64 Å². The number of thiophene rings is 1. The molecule has 2 aliphatic rings. The number of ether oxygens (including phenoxy) is 1. The number of carbonyl (C=O) groups is 1. The third kappa shape index (κ3) is 2.24. The molecule has 2 fully saturated rings. The summed E-state index contributed by atoms with van der Waals surface area (Å²) < 4.78 is 7.14. The Hall–Kier alpha value is -1.73. The molecular weight excluding hydrogens is 302 g/mol. The van der Waals surface area contributed by atoms with Crippen molar-refractivity contribution in [3.63, 3.8) is 0 Å². The zero-order valence-electron chi connectivity index (χ0n) is 12.1. The molecule has 0 aromatic carbocycles. The Balaban J connectivity index is 1.58. The molecule has 6 nitrogen and oxygen atoms in total. The zero-order chi connectivity index (χ0) is 15.1. The van der Waals surface area contributed by atoms with Crippen LogP contribution in [-0.2, 0) is 16.1 Å². The first-order valence-corrected chi connectivity index (χ1v) is 8.46. The molecule has 7 heteroatoms. The highest BCUT2D eigenvalue weighted by atomic mass is 32.1. The monoisotopic (exact) mass is 319 g/mol. The lowest BCUT2D eigenvalue weighted by Crippen LogP contribution is -2.52. The van der Waals surface area contributed by atoms with E-state index in [1.54, 1.807) is 6.07 Å². The van der Waals surface area contributed by atoms with E-state index >= 15 is 0 Å². The molecule has 1 aliphatic carbocycles. The van der Waals surface area contributed by atoms with Crippen LogP contribution in [0.2, 0.25) is 0 Å². The minimum Gasteiger partial charge on any atom is -0.374 e. The third-order valence-corrected chi connectivity index (χ3v) is 5.38. The van der Waals surface area contributed by atoms with E-state index in [-0.39, 0.29) is 30.2 Å². The molecule has 1 aliphatic heterocycles. The van der Waals surface area contributed by atoms with Gasteiger partial charge in [0.25, 0.3) is 5.56 Å². The number of nitrogens with zero attached hydrogens (tertiary/aromatic N) is 3. The van der Waals surface area contributed by atoms with Gasteiger partial charge in [-0.1, -0.05) is 0 Å². The van der Waals surface area contributed by atoms with Gasteiger partial charge in [-0.25, -0.2) is 4.98 Å². The summed E-state index contributed by atoms with van der Waals surface area (Å²) in [5.41, 5.74) is -0.143. The number of amides is 1. The van der Waals surface area contributed by atoms with Gasteiger partial charge in [-0.2, -0.15) is 0 Å². The van der Waals surface area contributed by atoms with Crippen LogP contribution < -0.4 is 5.56 Å². The quantitative estimate of drug-likeness (QED) is 0.835. The fraction of sp³-hybridized carbons (Fsp3) is 0.533. The van der Waals surface area contributed by atoms with E-state index in [4.69, 9.17) is 4.74 Å². The smallest absolute Gasteiger partial charge is 0.262 e. The SMILES string of the molecule is O=C(Cn1cnc2sccc2c1=O)N1CCO[C@H]2CCC[C@H]21. The number of carbonyl (C=O) groups excluding carboxylic acids is 1. The maximum atomic E-state index is 12.6. The fourth-order valence-corrected chi connectivity index (χ4v) is 4.20. The first-order chi connectivity index (χ1) is 10.7. The predicted octanol–water partition coefficient (Wildman–Crippen LogP) is 1.24. The Morgan fingerprint density at radius 2 is 2.36 bits per heavy atom. The largest absolute Gasteiger partial charge is 0.374 e. The molecule has 0 unspecified atom stereocenters. The number of hydrogen-bond acceptors (Lipinski definition) is 5. The second-order valence-electron chi connectivity index (χ2n) is 5.81. The molecule has 1 saturated heterocycles. The normalized spacial score (nSPS) is 24.6. The highest BCUT2D eigenvalue weighted by molar-refractivity contribution is 7.16. The molecular formula is C15H17N3O3S. The van der Waals surface area contributed by atoms with Gasteiger partial charge in [0, 0.05) is 6.54 Å². The Morgan fingerprint density at radius 1 is 1.45 bits per heavy atom. The van der Waals surface area contributed by atoms with Gasteiger partial charge in [0.15, 0.2) is 0 Å². The number of fused-ring (bicyclic) bond motifs is 2. The first-order valence-electron chi connectivity index (χ1n) is 7.58. The van der Waals surface area contributed by atoms with E-state index in [1.807, 2.05) is 10.3 Å². The minimum atomic E-state index is -0.143. The first kappa shape index (κ1) is 13.9. The zero-order valence-corrected chi connectivity index (χ0v) is 12.9. The molecule has 0 N–H and O–H groups in total. The molecule has 116 valence electrons. The molecule has 2 aromatic rings. The number of aromatic nitrogens is 2. The fourth-order valence-electron chi connectivity index (χ4n) is 3.48. The molecule has 1 amide bonds. The van der Waals surface area contributed by atoms with E-state index in [1.165, 1.54) is 22.2 Å². The van der Waals surface area contributed by atoms with Crippen molar-refractivity contribution in [3.05, 3.63) is 28.1 Å². The molecule has 0 spiro atoms. The lowest BCUT2D eigenvalue weighted by molar-refractivity contribution is -0.144. The molecule has 22 heavy (non-hydrogen) atoms. The molecule has 3 heterocycles. The van der Waals surface area contributed by atoms with Crippen molar-refractivity contribution < 1.29 is 9.53 Å². The standard InChI is InChI=1S/C15H17N3O3S/c19-13(18-5-6-21-12-3-1-2-11(12)18)8-17-9-16-14-10(15(17)20)4-7-22-14/h4,7,9,11-12H,1-3,5-6,8H2/t11-,12+/m1/s1. The van der Waals surface area contributed by atoms with Gasteiger partial charge in [0.2, 0.25) is 5.91 Å². The van der Waals surface area contributed by atoms with Crippen molar-refractivity contribution in [1.82, 2.24) is 14.5 Å². The van der Waals surface area contributed by atoms with Crippen molar-refractivity contribution in [1.29, 1.82) is 0 Å². The van der Waals surface area contributed by atoms with E-state index in [2.05, 4.69) is 4.98 Å². The average Bonchev–Trinajstić information content (AvgIpc) is 3.18. The Bertz CT molecular complexity index is 769. The second kappa shape index (κ2) is 5.48. The van der Waals surface area contributed by atoms with Crippen LogP contribution in [0.3, 0.4) is 0 Å². The van der Waals surface area contributed by atoms with E-state index < -0.39 is 0 Å². The lowest BCUT2D eigenvalue weighted by atomic mass is 10.1. The average molecular weight is 319 g/mol. The third-order valence-electron chi connectivity index (χ3n) is 4.56. The molecule has 1 saturated carbocycles. The topological polar surface area (TPSA) is 64.4 Å². The number of rotatable bonds is 2. The van der Waals surface area contributed by atoms with Crippen molar-refractivity contribution in [2.45, 2.75) is 38.0 Å². The number of morpholine rings is 1. The molecule has 0 radical (unpaired) electrons. The minimum absolute atomic E-state index is 0.0151. The van der Waals surface area contributed by atoms with Crippen LogP contribution in [-0.4, -0.2) is 45.7 Å². The van der Waals surface area contributed by atoms with Crippen molar-refractivity contribution in [2.24, 2.45) is 0 Å². The van der Waals surface area contributed by atoms with E-state index in [0.717, 1.165) is 24.1 Å². The van der Waals surface area contributed by atoms with Gasteiger partial charge in [0.1, 0.15) is 11.4 Å². The summed E-state index contributed by atoms with van der Waals surface area (Å²) in [6, 6.07) is 1.94. The number of hydrogen-bond donors (Lipinski definition) is 0. The Kier molecular flexibility index (Phi) is 3.46. The van der Waals surface area contributed by atoms with Crippen LogP contribution >= 0.6 is 11.3 Å². The molecule has 0 bridgehead atoms. The second-order valence-corrected chi connectivity index (χ2v) is 6.71. The Morgan fingerprint density at radius 3 is 3.27 bits per heavy atom. The van der Waals surface area contributed by atoms with Gasteiger partial charge in [0.05, 0.1) is 30.5 Å². The maximum Gasteiger partial charge on any atom is 0.262 e. The van der Waals surface area contributed by atoms with Gasteiger partial charge in [-0.15, -0.1) is 11.3 Å². The van der Waals surface area contributed by atoms with Crippen LogP contribution in [0, 0.1) is 0 Å². The van der Waals surface area contributed by atoms with Crippen LogP contribution in [0.15, 0.2) is 22.6 Å². The van der Waals surface area contributed by atoms with Crippen LogP contribution in [0.5, 0.6) is 0 Å². The summed E-state index contributed by atoms with van der Waals surface area (Å²) in [6.45, 7) is 1.26. The summed E-state index contributed by atoms with van der Waals surface area (Å²) in [5, 5.41) is 2.43. The maximum absolute atomic E-state index is 12.6. The highest BCUT2D eigenvalue weighted by Crippen LogP contribution is 2.29. The summed E-state index contributed by atoms with van der Waals surface area (Å²) in [4.78, 5) is 31.9. The van der Waals surface area contributed by atoms with Gasteiger partial charge in [-0.3, -0.25) is 14.2 Å². The summed E-state index contributed by atoms with van der Waals surface area (Å²) in [5.74, 6) is -0.0151. The van der Waals surface area contributed by atoms with E-state index in [0.29, 0.717) is 18.5 Å². The van der Waals surface area contributed by atoms with Crippen LogP contribution in [0.25, 0.3) is 10.2 Å². The molecule has 4 rings (SSSR count). The predicted molar refractivity (Wildman–Crippen MR) is 83.0 cm³/mol. The molecule has 2 aromatic heterocycles.